The van der Waals surface area contributed by atoms with E-state index >= 15 is 0 Å². The fourth-order valence-corrected chi connectivity index (χ4v) is 2.59. The molecule has 0 atom stereocenters. The summed E-state index contributed by atoms with van der Waals surface area (Å²) in [5.41, 5.74) is 3.16. The Morgan fingerprint density at radius 3 is 2.54 bits per heavy atom. The largest absolute Gasteiger partial charge is 0.357 e. The van der Waals surface area contributed by atoms with E-state index in [4.69, 9.17) is 0 Å². The summed E-state index contributed by atoms with van der Waals surface area (Å²) in [6, 6.07) is 6.10. The molecule has 0 amide bonds. The van der Waals surface area contributed by atoms with Crippen LogP contribution in [0.25, 0.3) is 5.82 Å². The van der Waals surface area contributed by atoms with Gasteiger partial charge in [0.25, 0.3) is 0 Å². The standard InChI is InChI=1S/C19H30N6.HI/c1-5-7-8-11-21-19(20-6-2)23-14-17-9-10-18(22-13-17)25-16(4)12-15(3)24-25;/h9-10,12-13H,5-8,11,14H2,1-4H3,(H2,20,21,23);1H. The fourth-order valence-electron chi connectivity index (χ4n) is 2.59. The zero-order chi connectivity index (χ0) is 18.1. The molecule has 2 rings (SSSR count). The molecule has 0 aliphatic heterocycles. The molecule has 2 heterocycles. The van der Waals surface area contributed by atoms with Crippen LogP contribution < -0.4 is 10.6 Å². The van der Waals surface area contributed by atoms with E-state index in [1.54, 1.807) is 0 Å². The fraction of sp³-hybridized carbons (Fsp3) is 0.526. The maximum absolute atomic E-state index is 4.64. The van der Waals surface area contributed by atoms with E-state index in [2.05, 4.69) is 45.6 Å². The van der Waals surface area contributed by atoms with E-state index in [9.17, 15) is 0 Å². The molecule has 144 valence electrons. The highest BCUT2D eigenvalue weighted by Crippen LogP contribution is 2.10. The number of halogens is 1. The minimum Gasteiger partial charge on any atom is -0.357 e. The predicted molar refractivity (Wildman–Crippen MR) is 119 cm³/mol. The number of nitrogens with zero attached hydrogens (tertiary/aromatic N) is 4. The van der Waals surface area contributed by atoms with Crippen LogP contribution in [0.15, 0.2) is 29.4 Å². The van der Waals surface area contributed by atoms with Gasteiger partial charge in [-0.1, -0.05) is 25.8 Å². The molecule has 0 radical (unpaired) electrons. The Kier molecular flexibility index (Phi) is 10.2. The first-order valence-electron chi connectivity index (χ1n) is 9.14. The summed E-state index contributed by atoms with van der Waals surface area (Å²) in [5, 5.41) is 11.1. The summed E-state index contributed by atoms with van der Waals surface area (Å²) in [6.07, 6.45) is 5.50. The molecule has 2 aromatic rings. The Hall–Kier alpha value is -1.64. The molecule has 0 aromatic carbocycles. The normalized spacial score (nSPS) is 11.2. The zero-order valence-corrected chi connectivity index (χ0v) is 18.6. The monoisotopic (exact) mass is 470 g/mol. The number of aromatic nitrogens is 3. The van der Waals surface area contributed by atoms with Crippen molar-refractivity contribution < 1.29 is 0 Å². The maximum atomic E-state index is 4.64. The van der Waals surface area contributed by atoms with E-state index in [-0.39, 0.29) is 24.0 Å². The lowest BCUT2D eigenvalue weighted by Crippen LogP contribution is -2.37. The molecule has 0 unspecified atom stereocenters. The van der Waals surface area contributed by atoms with Crippen LogP contribution in [0.5, 0.6) is 0 Å². The van der Waals surface area contributed by atoms with E-state index < -0.39 is 0 Å². The van der Waals surface area contributed by atoms with Gasteiger partial charge < -0.3 is 10.6 Å². The van der Waals surface area contributed by atoms with Crippen LogP contribution in [0.4, 0.5) is 0 Å². The van der Waals surface area contributed by atoms with Crippen LogP contribution >= 0.6 is 24.0 Å². The third kappa shape index (κ3) is 6.93. The van der Waals surface area contributed by atoms with Crippen LogP contribution in [0.2, 0.25) is 0 Å². The van der Waals surface area contributed by atoms with Gasteiger partial charge in [-0.3, -0.25) is 0 Å². The van der Waals surface area contributed by atoms with Crippen molar-refractivity contribution in [2.75, 3.05) is 13.1 Å². The average Bonchev–Trinajstić information content (AvgIpc) is 2.95. The average molecular weight is 470 g/mol. The first-order valence-corrected chi connectivity index (χ1v) is 9.14. The molecular weight excluding hydrogens is 439 g/mol. The Morgan fingerprint density at radius 1 is 1.15 bits per heavy atom. The van der Waals surface area contributed by atoms with Crippen LogP contribution in [-0.4, -0.2) is 33.8 Å². The number of hydrogen-bond donors (Lipinski definition) is 2. The molecule has 0 fully saturated rings. The van der Waals surface area contributed by atoms with Crippen molar-refractivity contribution >= 4 is 29.9 Å². The van der Waals surface area contributed by atoms with Crippen molar-refractivity contribution in [2.45, 2.75) is 53.5 Å². The topological polar surface area (TPSA) is 67.1 Å². The first-order chi connectivity index (χ1) is 12.1. The minimum absolute atomic E-state index is 0. The molecule has 2 N–H and O–H groups in total. The van der Waals surface area contributed by atoms with Gasteiger partial charge in [0.2, 0.25) is 0 Å². The van der Waals surface area contributed by atoms with Crippen LogP contribution in [0.1, 0.15) is 50.1 Å². The van der Waals surface area contributed by atoms with Crippen molar-refractivity contribution in [3.8, 4) is 5.82 Å². The number of aryl methyl sites for hydroxylation is 2. The summed E-state index contributed by atoms with van der Waals surface area (Å²) in [7, 11) is 0. The second-order valence-corrected chi connectivity index (χ2v) is 6.19. The molecule has 2 aromatic heterocycles. The SMILES string of the molecule is CCCCCNC(=NCc1ccc(-n2nc(C)cc2C)nc1)NCC.I. The van der Waals surface area contributed by atoms with Crippen molar-refractivity contribution in [3.63, 3.8) is 0 Å². The van der Waals surface area contributed by atoms with E-state index in [1.165, 1.54) is 19.3 Å². The lowest BCUT2D eigenvalue weighted by Gasteiger charge is -2.11. The highest BCUT2D eigenvalue weighted by atomic mass is 127. The van der Waals surface area contributed by atoms with Gasteiger partial charge in [-0.25, -0.2) is 14.7 Å². The second kappa shape index (κ2) is 11.9. The molecule has 0 aliphatic rings. The smallest absolute Gasteiger partial charge is 0.191 e. The minimum atomic E-state index is 0. The summed E-state index contributed by atoms with van der Waals surface area (Å²) in [6.45, 7) is 10.7. The molecule has 0 spiro atoms. The predicted octanol–water partition coefficient (Wildman–Crippen LogP) is 3.75. The summed E-state index contributed by atoms with van der Waals surface area (Å²) >= 11 is 0. The molecule has 0 aliphatic carbocycles. The Balaban J connectivity index is 0.00000338. The Morgan fingerprint density at radius 2 is 1.96 bits per heavy atom. The number of hydrogen-bond acceptors (Lipinski definition) is 3. The number of nitrogens with one attached hydrogen (secondary N) is 2. The van der Waals surface area contributed by atoms with Crippen LogP contribution in [0.3, 0.4) is 0 Å². The zero-order valence-electron chi connectivity index (χ0n) is 16.2. The van der Waals surface area contributed by atoms with Gasteiger partial charge in [0.05, 0.1) is 12.2 Å². The van der Waals surface area contributed by atoms with Crippen molar-refractivity contribution in [2.24, 2.45) is 4.99 Å². The van der Waals surface area contributed by atoms with Gasteiger partial charge in [0.1, 0.15) is 0 Å². The summed E-state index contributed by atoms with van der Waals surface area (Å²) in [5.74, 6) is 1.70. The van der Waals surface area contributed by atoms with E-state index in [0.717, 1.165) is 41.8 Å². The first kappa shape index (κ1) is 22.4. The Labute approximate surface area is 173 Å². The maximum Gasteiger partial charge on any atom is 0.191 e. The van der Waals surface area contributed by atoms with Crippen molar-refractivity contribution in [3.05, 3.63) is 41.3 Å². The molecular formula is C19H31IN6. The highest BCUT2D eigenvalue weighted by Gasteiger charge is 2.05. The number of unbranched alkanes of at least 4 members (excludes halogenated alkanes) is 2. The molecule has 0 bridgehead atoms. The highest BCUT2D eigenvalue weighted by molar-refractivity contribution is 14.0. The van der Waals surface area contributed by atoms with Gasteiger partial charge in [-0.2, -0.15) is 5.10 Å². The van der Waals surface area contributed by atoms with E-state index in [1.807, 2.05) is 36.9 Å². The number of rotatable bonds is 8. The van der Waals surface area contributed by atoms with Crippen molar-refractivity contribution in [1.29, 1.82) is 0 Å². The van der Waals surface area contributed by atoms with Gasteiger partial charge in [0, 0.05) is 25.0 Å². The van der Waals surface area contributed by atoms with Crippen LogP contribution in [-0.2, 0) is 6.54 Å². The third-order valence-corrected chi connectivity index (χ3v) is 3.87. The molecule has 0 saturated heterocycles. The summed E-state index contributed by atoms with van der Waals surface area (Å²) < 4.78 is 1.86. The van der Waals surface area contributed by atoms with Gasteiger partial charge >= 0.3 is 0 Å². The van der Waals surface area contributed by atoms with E-state index in [0.29, 0.717) is 6.54 Å². The lowest BCUT2D eigenvalue weighted by atomic mass is 10.2. The summed E-state index contributed by atoms with van der Waals surface area (Å²) in [4.78, 5) is 9.16. The van der Waals surface area contributed by atoms with Crippen LogP contribution in [0, 0.1) is 13.8 Å². The van der Waals surface area contributed by atoms with Gasteiger partial charge in [-0.15, -0.1) is 24.0 Å². The number of aliphatic imine (C=N–C) groups is 1. The van der Waals surface area contributed by atoms with Gasteiger partial charge in [-0.05, 0) is 44.9 Å². The second-order valence-electron chi connectivity index (χ2n) is 6.19. The van der Waals surface area contributed by atoms with Gasteiger partial charge in [0.15, 0.2) is 11.8 Å². The third-order valence-electron chi connectivity index (χ3n) is 3.87. The van der Waals surface area contributed by atoms with Crippen molar-refractivity contribution in [1.82, 2.24) is 25.4 Å². The molecule has 7 heteroatoms. The molecule has 26 heavy (non-hydrogen) atoms. The molecule has 0 saturated carbocycles. The lowest BCUT2D eigenvalue weighted by molar-refractivity contribution is 0.683. The Bertz CT molecular complexity index is 678. The number of guanidine groups is 1. The molecule has 6 nitrogen and oxygen atoms in total. The quantitative estimate of drug-likeness (QED) is 0.267. The number of pyridine rings is 1.